The minimum Gasteiger partial charge on any atom is -0.475 e. The summed E-state index contributed by atoms with van der Waals surface area (Å²) < 4.78 is 31.7. The van der Waals surface area contributed by atoms with Crippen LogP contribution in [-0.2, 0) is 9.59 Å². The number of primary amides is 1. The van der Waals surface area contributed by atoms with Gasteiger partial charge >= 0.3 is 12.1 Å². The standard InChI is InChI=1S/C8H17N.C2HF3O2.CH3NO/c1-3-7-4-5-8(6-7)9-2;3-2(4,5)1(6)7;2-1-3/h7-9H,3-6H2,1-2H3;(H,6,7);1H,(H2,2,3). The van der Waals surface area contributed by atoms with Gasteiger partial charge in [0.05, 0.1) is 0 Å². The molecule has 19 heavy (non-hydrogen) atoms. The van der Waals surface area contributed by atoms with Gasteiger partial charge in [0, 0.05) is 6.04 Å². The van der Waals surface area contributed by atoms with Crippen molar-refractivity contribution in [1.29, 1.82) is 0 Å². The van der Waals surface area contributed by atoms with E-state index in [0.29, 0.717) is 0 Å². The topological polar surface area (TPSA) is 92.4 Å². The summed E-state index contributed by atoms with van der Waals surface area (Å²) in [6.45, 7) is 2.29. The third-order valence-corrected chi connectivity index (χ3v) is 2.77. The van der Waals surface area contributed by atoms with Crippen molar-refractivity contribution in [2.45, 2.75) is 44.8 Å². The molecule has 0 radical (unpaired) electrons. The van der Waals surface area contributed by atoms with Crippen LogP contribution >= 0.6 is 0 Å². The van der Waals surface area contributed by atoms with E-state index in [9.17, 15) is 13.2 Å². The van der Waals surface area contributed by atoms with E-state index in [2.05, 4.69) is 25.0 Å². The number of carbonyl (C=O) groups excluding carboxylic acids is 1. The molecule has 0 aromatic heterocycles. The van der Waals surface area contributed by atoms with Gasteiger partial charge in [-0.15, -0.1) is 0 Å². The number of halogens is 3. The Hall–Kier alpha value is -1.31. The molecule has 0 aromatic carbocycles. The Morgan fingerprint density at radius 3 is 2.05 bits per heavy atom. The van der Waals surface area contributed by atoms with E-state index in [1.165, 1.54) is 25.7 Å². The fourth-order valence-electron chi connectivity index (χ4n) is 1.71. The van der Waals surface area contributed by atoms with Gasteiger partial charge in [0.2, 0.25) is 6.41 Å². The quantitative estimate of drug-likeness (QED) is 0.671. The predicted octanol–water partition coefficient (Wildman–Crippen LogP) is 1.52. The first-order valence-electron chi connectivity index (χ1n) is 5.85. The molecule has 2 unspecified atom stereocenters. The number of alkyl halides is 3. The molecular weight excluding hydrogens is 265 g/mol. The number of carboxylic acid groups (broad SMARTS) is 1. The van der Waals surface area contributed by atoms with Crippen molar-refractivity contribution < 1.29 is 27.9 Å². The third-order valence-electron chi connectivity index (χ3n) is 2.77. The molecule has 114 valence electrons. The van der Waals surface area contributed by atoms with Gasteiger partial charge in [-0.1, -0.05) is 13.3 Å². The molecule has 5 nitrogen and oxygen atoms in total. The summed E-state index contributed by atoms with van der Waals surface area (Å²) in [5.74, 6) is -1.74. The lowest BCUT2D eigenvalue weighted by molar-refractivity contribution is -0.192. The molecule has 0 aromatic rings. The number of carboxylic acids is 1. The lowest BCUT2D eigenvalue weighted by Crippen LogP contribution is -2.21. The number of carbonyl (C=O) groups is 2. The number of amides is 1. The maximum atomic E-state index is 10.6. The van der Waals surface area contributed by atoms with Crippen LogP contribution in [-0.4, -0.2) is 36.8 Å². The first-order chi connectivity index (χ1) is 8.72. The molecular formula is C11H21F3N2O3. The zero-order valence-corrected chi connectivity index (χ0v) is 11.0. The summed E-state index contributed by atoms with van der Waals surface area (Å²) in [5, 5.41) is 10.5. The van der Waals surface area contributed by atoms with Gasteiger partial charge in [0.25, 0.3) is 0 Å². The molecule has 1 rings (SSSR count). The Balaban J connectivity index is 0. The Kier molecular flexibility index (Phi) is 11.2. The van der Waals surface area contributed by atoms with Crippen molar-refractivity contribution in [2.24, 2.45) is 11.7 Å². The van der Waals surface area contributed by atoms with Crippen molar-refractivity contribution >= 4 is 12.4 Å². The molecule has 1 amide bonds. The molecule has 1 saturated carbocycles. The lowest BCUT2D eigenvalue weighted by Gasteiger charge is -2.06. The van der Waals surface area contributed by atoms with Gasteiger partial charge in [0.15, 0.2) is 0 Å². The fraction of sp³-hybridized carbons (Fsp3) is 0.818. The Labute approximate surface area is 110 Å². The Bertz CT molecular complexity index is 250. The maximum Gasteiger partial charge on any atom is 0.490 e. The van der Waals surface area contributed by atoms with Gasteiger partial charge in [-0.3, -0.25) is 4.79 Å². The second kappa shape index (κ2) is 10.6. The van der Waals surface area contributed by atoms with Crippen molar-refractivity contribution in [3.8, 4) is 0 Å². The van der Waals surface area contributed by atoms with Crippen LogP contribution in [0.25, 0.3) is 0 Å². The normalized spacial score (nSPS) is 21.5. The molecule has 1 aliphatic carbocycles. The van der Waals surface area contributed by atoms with E-state index in [1.54, 1.807) is 0 Å². The van der Waals surface area contributed by atoms with Crippen molar-refractivity contribution in [3.05, 3.63) is 0 Å². The van der Waals surface area contributed by atoms with Gasteiger partial charge in [-0.25, -0.2) is 4.79 Å². The predicted molar refractivity (Wildman–Crippen MR) is 64.4 cm³/mol. The summed E-state index contributed by atoms with van der Waals surface area (Å²) in [4.78, 5) is 17.5. The third kappa shape index (κ3) is 11.5. The number of hydrogen-bond acceptors (Lipinski definition) is 3. The molecule has 1 fully saturated rings. The highest BCUT2D eigenvalue weighted by Gasteiger charge is 2.38. The van der Waals surface area contributed by atoms with Crippen molar-refractivity contribution in [2.75, 3.05) is 7.05 Å². The number of aliphatic carboxylic acids is 1. The van der Waals surface area contributed by atoms with Crippen LogP contribution in [0.4, 0.5) is 13.2 Å². The first kappa shape index (κ1) is 20.0. The minimum atomic E-state index is -5.08. The molecule has 2 atom stereocenters. The van der Waals surface area contributed by atoms with Crippen LogP contribution in [0.3, 0.4) is 0 Å². The van der Waals surface area contributed by atoms with Gasteiger partial charge < -0.3 is 16.2 Å². The van der Waals surface area contributed by atoms with E-state index >= 15 is 0 Å². The van der Waals surface area contributed by atoms with E-state index in [4.69, 9.17) is 14.7 Å². The highest BCUT2D eigenvalue weighted by Crippen LogP contribution is 2.27. The minimum absolute atomic E-state index is 0.250. The summed E-state index contributed by atoms with van der Waals surface area (Å²) >= 11 is 0. The Morgan fingerprint density at radius 1 is 1.47 bits per heavy atom. The van der Waals surface area contributed by atoms with Crippen LogP contribution < -0.4 is 11.1 Å². The molecule has 8 heteroatoms. The zero-order valence-electron chi connectivity index (χ0n) is 11.0. The van der Waals surface area contributed by atoms with Crippen LogP contribution in [0.2, 0.25) is 0 Å². The summed E-state index contributed by atoms with van der Waals surface area (Å²) in [6.07, 6.45) is 0.794. The fourth-order valence-corrected chi connectivity index (χ4v) is 1.71. The SMILES string of the molecule is CCC1CCC(NC)C1.NC=O.O=C(O)C(F)(F)F. The molecule has 0 heterocycles. The van der Waals surface area contributed by atoms with Gasteiger partial charge in [-0.05, 0) is 32.2 Å². The average molecular weight is 286 g/mol. The van der Waals surface area contributed by atoms with Gasteiger partial charge in [-0.2, -0.15) is 13.2 Å². The molecule has 0 aliphatic heterocycles. The summed E-state index contributed by atoms with van der Waals surface area (Å²) in [6, 6.07) is 0.829. The molecule has 0 saturated heterocycles. The van der Waals surface area contributed by atoms with Crippen LogP contribution in [0.5, 0.6) is 0 Å². The second-order valence-electron chi connectivity index (χ2n) is 4.01. The van der Waals surface area contributed by atoms with Crippen molar-refractivity contribution in [1.82, 2.24) is 5.32 Å². The Morgan fingerprint density at radius 2 is 1.89 bits per heavy atom. The summed E-state index contributed by atoms with van der Waals surface area (Å²) in [7, 11) is 2.07. The van der Waals surface area contributed by atoms with E-state index < -0.39 is 12.1 Å². The van der Waals surface area contributed by atoms with Crippen LogP contribution in [0, 0.1) is 5.92 Å². The maximum absolute atomic E-state index is 10.6. The second-order valence-corrected chi connectivity index (χ2v) is 4.01. The van der Waals surface area contributed by atoms with Crippen LogP contribution in [0.1, 0.15) is 32.6 Å². The average Bonchev–Trinajstić information content (AvgIpc) is 2.77. The van der Waals surface area contributed by atoms with E-state index in [1.807, 2.05) is 0 Å². The lowest BCUT2D eigenvalue weighted by atomic mass is 10.1. The van der Waals surface area contributed by atoms with E-state index in [0.717, 1.165) is 12.0 Å². The zero-order chi connectivity index (χ0) is 15.5. The van der Waals surface area contributed by atoms with E-state index in [-0.39, 0.29) is 6.41 Å². The van der Waals surface area contributed by atoms with Gasteiger partial charge in [0.1, 0.15) is 0 Å². The molecule has 1 aliphatic rings. The smallest absolute Gasteiger partial charge is 0.475 e. The molecule has 4 N–H and O–H groups in total. The number of rotatable bonds is 2. The van der Waals surface area contributed by atoms with Crippen molar-refractivity contribution in [3.63, 3.8) is 0 Å². The highest BCUT2D eigenvalue weighted by molar-refractivity contribution is 5.73. The number of nitrogens with one attached hydrogen (secondary N) is 1. The number of hydrogen-bond donors (Lipinski definition) is 3. The number of nitrogens with two attached hydrogens (primary N) is 1. The van der Waals surface area contributed by atoms with Crippen LogP contribution in [0.15, 0.2) is 0 Å². The monoisotopic (exact) mass is 286 g/mol. The first-order valence-corrected chi connectivity index (χ1v) is 5.85. The molecule has 0 spiro atoms. The largest absolute Gasteiger partial charge is 0.490 e. The summed E-state index contributed by atoms with van der Waals surface area (Å²) in [5.41, 5.74) is 4.17. The molecule has 0 bridgehead atoms. The highest BCUT2D eigenvalue weighted by atomic mass is 19.4.